The Morgan fingerprint density at radius 1 is 1.22 bits per heavy atom. The number of benzene rings is 2. The van der Waals surface area contributed by atoms with Crippen LogP contribution >= 0.6 is 23.4 Å². The van der Waals surface area contributed by atoms with Crippen LogP contribution in [0.15, 0.2) is 53.5 Å². The quantitative estimate of drug-likeness (QED) is 0.855. The molecule has 0 bridgehead atoms. The molecule has 0 aliphatic carbocycles. The lowest BCUT2D eigenvalue weighted by Gasteiger charge is -2.09. The fourth-order valence-electron chi connectivity index (χ4n) is 2.88. The fraction of sp³-hybridized carbons (Fsp3) is 0.118. The smallest absolute Gasteiger partial charge is 0.366 e. The van der Waals surface area contributed by atoms with Crippen LogP contribution < -0.4 is 0 Å². The van der Waals surface area contributed by atoms with Crippen LogP contribution in [0.3, 0.4) is 0 Å². The summed E-state index contributed by atoms with van der Waals surface area (Å²) in [6, 6.07) is 15.4. The second-order valence-corrected chi connectivity index (χ2v) is 6.92. The first-order chi connectivity index (χ1) is 11.1. The van der Waals surface area contributed by atoms with Crippen LogP contribution in [0, 0.1) is 0 Å². The topological polar surface area (TPSA) is 52.7 Å². The number of nitrogens with zero attached hydrogens (tertiary/aromatic N) is 2. The molecule has 0 amide bonds. The van der Waals surface area contributed by atoms with Gasteiger partial charge in [0.15, 0.2) is 5.69 Å². The first-order valence-electron chi connectivity index (χ1n) is 7.12. The lowest BCUT2D eigenvalue weighted by Crippen LogP contribution is -2.23. The largest absolute Gasteiger partial charge is 0.481 e. The number of amidine groups is 1. The summed E-state index contributed by atoms with van der Waals surface area (Å²) in [5.41, 5.74) is 3.83. The standard InChI is InChI=1S/C17H11ClN2O2S/c18-11-7-5-10(6-8-11)16-14(9-15(21)22)23-17-19-12-3-1-2-4-13(12)20(16)17/h1-8,14H,9H2/p+1. The molecule has 114 valence electrons. The van der Waals surface area contributed by atoms with Crippen LogP contribution in [0.1, 0.15) is 12.0 Å². The van der Waals surface area contributed by atoms with Gasteiger partial charge in [0.05, 0.1) is 11.7 Å². The Kier molecular flexibility index (Phi) is 3.47. The Hall–Kier alpha value is -2.11. The molecule has 1 atom stereocenters. The van der Waals surface area contributed by atoms with E-state index in [0.717, 1.165) is 27.8 Å². The molecule has 0 fully saturated rings. The number of thioether (sulfide) groups is 1. The molecule has 0 spiro atoms. The molecule has 23 heavy (non-hydrogen) atoms. The summed E-state index contributed by atoms with van der Waals surface area (Å²) >= 11 is 7.48. The van der Waals surface area contributed by atoms with Gasteiger partial charge < -0.3 is 5.11 Å². The second-order valence-electron chi connectivity index (χ2n) is 5.31. The van der Waals surface area contributed by atoms with Gasteiger partial charge in [0.1, 0.15) is 5.71 Å². The number of carboxylic acids is 1. The van der Waals surface area contributed by atoms with Gasteiger partial charge in [0.25, 0.3) is 0 Å². The predicted octanol–water partition coefficient (Wildman–Crippen LogP) is 4.06. The van der Waals surface area contributed by atoms with Crippen LogP contribution in [0.25, 0.3) is 0 Å². The first kappa shape index (κ1) is 14.5. The van der Waals surface area contributed by atoms with Crippen LogP contribution in [0.2, 0.25) is 5.02 Å². The average Bonchev–Trinajstić information content (AvgIpc) is 3.03. The number of halogens is 1. The lowest BCUT2D eigenvalue weighted by atomic mass is 10.0. The van der Waals surface area contributed by atoms with E-state index in [4.69, 9.17) is 11.6 Å². The van der Waals surface area contributed by atoms with Crippen molar-refractivity contribution in [2.75, 3.05) is 0 Å². The number of hydrogen-bond acceptors (Lipinski definition) is 3. The number of fused-ring (bicyclic) bond motifs is 3. The predicted molar refractivity (Wildman–Crippen MR) is 92.7 cm³/mol. The minimum Gasteiger partial charge on any atom is -0.481 e. The van der Waals surface area contributed by atoms with Gasteiger partial charge in [-0.2, -0.15) is 4.58 Å². The van der Waals surface area contributed by atoms with E-state index >= 15 is 0 Å². The highest BCUT2D eigenvalue weighted by Gasteiger charge is 2.45. The van der Waals surface area contributed by atoms with Crippen molar-refractivity contribution >= 4 is 51.6 Å². The van der Waals surface area contributed by atoms with E-state index in [9.17, 15) is 9.90 Å². The maximum Gasteiger partial charge on any atom is 0.366 e. The number of carbonyl (C=O) groups is 1. The number of carboxylic acid groups (broad SMARTS) is 1. The molecular formula is C17H12ClN2O2S+. The third-order valence-corrected chi connectivity index (χ3v) is 5.23. The van der Waals surface area contributed by atoms with Crippen molar-refractivity contribution in [2.24, 2.45) is 4.99 Å². The van der Waals surface area contributed by atoms with Crippen molar-refractivity contribution < 1.29 is 14.5 Å². The second kappa shape index (κ2) is 5.51. The van der Waals surface area contributed by atoms with Gasteiger partial charge in [-0.25, -0.2) is 0 Å². The van der Waals surface area contributed by atoms with Crippen molar-refractivity contribution in [2.45, 2.75) is 11.7 Å². The van der Waals surface area contributed by atoms with E-state index < -0.39 is 5.97 Å². The van der Waals surface area contributed by atoms with Gasteiger partial charge in [-0.1, -0.05) is 23.7 Å². The molecule has 2 aliphatic heterocycles. The van der Waals surface area contributed by atoms with Crippen molar-refractivity contribution in [3.05, 3.63) is 59.1 Å². The van der Waals surface area contributed by atoms with Crippen molar-refractivity contribution in [1.29, 1.82) is 0 Å². The molecule has 1 unspecified atom stereocenters. The summed E-state index contributed by atoms with van der Waals surface area (Å²) in [6.45, 7) is 0. The number of rotatable bonds is 3. The summed E-state index contributed by atoms with van der Waals surface area (Å²) < 4.78 is 2.07. The van der Waals surface area contributed by atoms with Crippen molar-refractivity contribution in [1.82, 2.24) is 0 Å². The summed E-state index contributed by atoms with van der Waals surface area (Å²) in [4.78, 5) is 15.9. The third kappa shape index (κ3) is 2.46. The van der Waals surface area contributed by atoms with E-state index in [1.165, 1.54) is 11.8 Å². The van der Waals surface area contributed by atoms with Crippen molar-refractivity contribution in [3.8, 4) is 0 Å². The SMILES string of the molecule is O=C(O)CC1SC2=Nc3ccccc3[N+]2=C1c1ccc(Cl)cc1. The first-order valence-corrected chi connectivity index (χ1v) is 8.38. The van der Waals surface area contributed by atoms with Gasteiger partial charge >= 0.3 is 11.1 Å². The molecule has 1 N–H and O–H groups in total. The number of aliphatic carboxylic acids is 1. The Balaban J connectivity index is 1.91. The molecule has 4 rings (SSSR count). The summed E-state index contributed by atoms with van der Waals surface area (Å²) in [7, 11) is 0. The zero-order valence-electron chi connectivity index (χ0n) is 11.9. The molecule has 2 aromatic rings. The normalized spacial score (nSPS) is 18.7. The lowest BCUT2D eigenvalue weighted by molar-refractivity contribution is -0.291. The minimum atomic E-state index is -0.816. The van der Waals surface area contributed by atoms with Crippen molar-refractivity contribution in [3.63, 3.8) is 0 Å². The van der Waals surface area contributed by atoms with E-state index in [0.29, 0.717) is 5.02 Å². The molecule has 0 saturated heterocycles. The number of hydrogen-bond donors (Lipinski definition) is 1. The maximum absolute atomic E-state index is 11.2. The highest BCUT2D eigenvalue weighted by atomic mass is 35.5. The average molecular weight is 344 g/mol. The van der Waals surface area contributed by atoms with Gasteiger partial charge in [0, 0.05) is 10.6 Å². The maximum atomic E-state index is 11.2. The molecule has 4 nitrogen and oxygen atoms in total. The summed E-state index contributed by atoms with van der Waals surface area (Å²) in [5, 5.41) is 10.6. The van der Waals surface area contributed by atoms with Gasteiger partial charge in [-0.05, 0) is 53.2 Å². The molecular weight excluding hydrogens is 332 g/mol. The molecule has 2 aliphatic rings. The molecule has 6 heteroatoms. The van der Waals surface area contributed by atoms with Crippen LogP contribution in [0.5, 0.6) is 0 Å². The Morgan fingerprint density at radius 3 is 2.70 bits per heavy atom. The Morgan fingerprint density at radius 2 is 1.96 bits per heavy atom. The van der Waals surface area contributed by atoms with E-state index in [-0.39, 0.29) is 11.7 Å². The van der Waals surface area contributed by atoms with E-state index in [1.807, 2.05) is 48.5 Å². The summed E-state index contributed by atoms with van der Waals surface area (Å²) in [5.74, 6) is -0.816. The monoisotopic (exact) mass is 343 g/mol. The fourth-order valence-corrected chi connectivity index (χ4v) is 4.29. The van der Waals surface area contributed by atoms with Gasteiger partial charge in [-0.15, -0.1) is 0 Å². The van der Waals surface area contributed by atoms with Crippen LogP contribution in [-0.2, 0) is 4.79 Å². The molecule has 2 aromatic carbocycles. The zero-order valence-corrected chi connectivity index (χ0v) is 13.5. The number of aliphatic imine (C=N–C) groups is 1. The van der Waals surface area contributed by atoms with Crippen LogP contribution in [-0.4, -0.2) is 31.8 Å². The Labute approximate surface area is 142 Å². The van der Waals surface area contributed by atoms with Gasteiger partial charge in [-0.3, -0.25) is 4.79 Å². The van der Waals surface area contributed by atoms with Crippen LogP contribution in [0.4, 0.5) is 11.4 Å². The Bertz CT molecular complexity index is 874. The molecule has 0 aromatic heterocycles. The zero-order chi connectivity index (χ0) is 16.0. The van der Waals surface area contributed by atoms with Gasteiger partial charge in [0.2, 0.25) is 5.69 Å². The number of para-hydroxylation sites is 2. The third-order valence-electron chi connectivity index (χ3n) is 3.82. The molecule has 0 saturated carbocycles. The molecule has 0 radical (unpaired) electrons. The van der Waals surface area contributed by atoms with E-state index in [1.54, 1.807) is 0 Å². The highest BCUT2D eigenvalue weighted by Crippen LogP contribution is 2.43. The molecule has 2 heterocycles. The minimum absolute atomic E-state index is 0.0559. The van der Waals surface area contributed by atoms with E-state index in [2.05, 4.69) is 9.57 Å². The highest BCUT2D eigenvalue weighted by molar-refractivity contribution is 8.15. The summed E-state index contributed by atoms with van der Waals surface area (Å²) in [6.07, 6.45) is 0.0559.